The Morgan fingerprint density at radius 1 is 0.442 bits per heavy atom. The summed E-state index contributed by atoms with van der Waals surface area (Å²) in [7, 11) is 0. The quantitative estimate of drug-likeness (QED) is 0.246. The number of rotatable bonds is 7. The van der Waals surface area contributed by atoms with E-state index in [9.17, 15) is 0 Å². The first-order chi connectivity index (χ1) is 25.3. The second-order valence-electron chi connectivity index (χ2n) is 19.6. The number of aryl methyl sites for hydroxylation is 1. The van der Waals surface area contributed by atoms with Crippen molar-refractivity contribution in [1.82, 2.24) is 0 Å². The van der Waals surface area contributed by atoms with Crippen molar-refractivity contribution >= 4 is 0 Å². The average Bonchev–Trinajstić information content (AvgIpc) is 3.20. The van der Waals surface area contributed by atoms with Gasteiger partial charge in [0.1, 0.15) is 0 Å². The summed E-state index contributed by atoms with van der Waals surface area (Å²) in [6.45, 7) is 17.1. The van der Waals surface area contributed by atoms with Crippen LogP contribution in [0.3, 0.4) is 0 Å². The molecule has 0 unspecified atom stereocenters. The summed E-state index contributed by atoms with van der Waals surface area (Å²) in [4.78, 5) is 0. The lowest BCUT2D eigenvalue weighted by Crippen LogP contribution is -2.25. The Morgan fingerprint density at radius 3 is 1.08 bits per heavy atom. The number of hydrogen-bond acceptors (Lipinski definition) is 0. The standard InChI is InChI=1S/C21H30.C16H28.C15H26.6H2/c1-3-17-6-10-19(11-7-17)21-14-12-20(13-15-21)18-8-4-16(2)5-9-18;1-3-4-14-7-11-16(12-8-14)15-9-5-13(2)6-10-15;1-3-13-6-10-15(11-7-13)14-8-4-12(2)5-9-14;;;;;;/h3-5,8-9,17,19-21H,1,6-7,10-15H2,2H3;3-4,13-16H,5-12H2,1-2H3;3,12-15H,1,4-11H2,2H3;6*1H/b;4-3+;;;;;;;. The van der Waals surface area contributed by atoms with Crippen molar-refractivity contribution in [2.75, 3.05) is 0 Å². The van der Waals surface area contributed by atoms with Gasteiger partial charge in [0, 0.05) is 8.56 Å². The summed E-state index contributed by atoms with van der Waals surface area (Å²) < 4.78 is 0. The van der Waals surface area contributed by atoms with E-state index in [1.807, 2.05) is 0 Å². The molecule has 0 atom stereocenters. The summed E-state index contributed by atoms with van der Waals surface area (Å²) in [5.41, 5.74) is 2.96. The minimum Gasteiger partial charge on any atom is -0.103 e. The van der Waals surface area contributed by atoms with Crippen LogP contribution in [0.2, 0.25) is 0 Å². The van der Waals surface area contributed by atoms with Gasteiger partial charge in [-0.15, -0.1) is 13.2 Å². The third kappa shape index (κ3) is 13.0. The molecule has 6 aliphatic rings. The molecule has 6 aliphatic carbocycles. The van der Waals surface area contributed by atoms with Crippen molar-refractivity contribution in [3.05, 3.63) is 72.9 Å². The molecule has 0 amide bonds. The lowest BCUT2D eigenvalue weighted by molar-refractivity contribution is 0.160. The van der Waals surface area contributed by atoms with E-state index in [0.29, 0.717) is 0 Å². The summed E-state index contributed by atoms with van der Waals surface area (Å²) in [5, 5.41) is 0. The van der Waals surface area contributed by atoms with E-state index in [0.717, 1.165) is 71.0 Å². The number of benzene rings is 1. The van der Waals surface area contributed by atoms with Gasteiger partial charge in [0.15, 0.2) is 0 Å². The van der Waals surface area contributed by atoms with E-state index in [2.05, 4.69) is 89.4 Å². The summed E-state index contributed by atoms with van der Waals surface area (Å²) in [6, 6.07) is 9.27. The monoisotopic (exact) mass is 721 g/mol. The Balaban J connectivity index is 0. The first-order valence-electron chi connectivity index (χ1n) is 23.3. The molecular formula is C52H96. The molecule has 6 fully saturated rings. The fraction of sp³-hybridized carbons (Fsp3) is 0.769. The number of allylic oxidation sites excluding steroid dienone is 4. The Hall–Kier alpha value is -1.56. The van der Waals surface area contributed by atoms with Gasteiger partial charge in [-0.2, -0.15) is 0 Å². The van der Waals surface area contributed by atoms with E-state index >= 15 is 0 Å². The molecule has 0 N–H and O–H groups in total. The molecule has 1 aromatic rings. The fourth-order valence-electron chi connectivity index (χ4n) is 12.1. The van der Waals surface area contributed by atoms with Gasteiger partial charge >= 0.3 is 0 Å². The van der Waals surface area contributed by atoms with Crippen molar-refractivity contribution in [2.45, 2.75) is 188 Å². The topological polar surface area (TPSA) is 0 Å². The molecule has 1 aromatic carbocycles. The van der Waals surface area contributed by atoms with Crippen LogP contribution in [0.15, 0.2) is 61.7 Å². The Kier molecular flexibility index (Phi) is 17.7. The molecule has 0 aromatic heterocycles. The summed E-state index contributed by atoms with van der Waals surface area (Å²) in [5.74, 6) is 11.7. The molecule has 52 heavy (non-hydrogen) atoms. The van der Waals surface area contributed by atoms with Crippen LogP contribution in [0.25, 0.3) is 0 Å². The normalized spacial score (nSPS) is 38.5. The Morgan fingerprint density at radius 2 is 0.750 bits per heavy atom. The van der Waals surface area contributed by atoms with E-state index in [1.165, 1.54) is 160 Å². The highest BCUT2D eigenvalue weighted by Gasteiger charge is 2.32. The zero-order valence-corrected chi connectivity index (χ0v) is 34.9. The van der Waals surface area contributed by atoms with Gasteiger partial charge in [-0.25, -0.2) is 0 Å². The smallest absolute Gasteiger partial charge is 0 e. The maximum absolute atomic E-state index is 3.97. The molecule has 304 valence electrons. The van der Waals surface area contributed by atoms with Gasteiger partial charge in [0.05, 0.1) is 0 Å². The molecule has 0 saturated heterocycles. The molecule has 7 rings (SSSR count). The maximum atomic E-state index is 3.97. The molecule has 0 spiro atoms. The van der Waals surface area contributed by atoms with E-state index in [-0.39, 0.29) is 8.56 Å². The first-order valence-corrected chi connectivity index (χ1v) is 23.3. The van der Waals surface area contributed by atoms with Crippen molar-refractivity contribution in [2.24, 2.45) is 65.1 Å². The highest BCUT2D eigenvalue weighted by Crippen LogP contribution is 2.45. The minimum atomic E-state index is 0. The van der Waals surface area contributed by atoms with Crippen molar-refractivity contribution in [3.63, 3.8) is 0 Å². The highest BCUT2D eigenvalue weighted by molar-refractivity contribution is 5.24. The third-order valence-corrected chi connectivity index (χ3v) is 16.0. The van der Waals surface area contributed by atoms with E-state index in [4.69, 9.17) is 0 Å². The Labute approximate surface area is 333 Å². The summed E-state index contributed by atoms with van der Waals surface area (Å²) in [6.07, 6.45) is 44.3. The molecular weight excluding hydrogens is 625 g/mol. The van der Waals surface area contributed by atoms with Gasteiger partial charge in [0.25, 0.3) is 0 Å². The molecule has 0 radical (unpaired) electrons. The van der Waals surface area contributed by atoms with Crippen LogP contribution in [0.1, 0.15) is 200 Å². The Bertz CT molecular complexity index is 1150. The van der Waals surface area contributed by atoms with E-state index < -0.39 is 0 Å². The predicted molar refractivity (Wildman–Crippen MR) is 242 cm³/mol. The van der Waals surface area contributed by atoms with Crippen molar-refractivity contribution in [3.8, 4) is 0 Å². The van der Waals surface area contributed by atoms with Gasteiger partial charge in [-0.1, -0.05) is 93.7 Å². The zero-order valence-electron chi connectivity index (χ0n) is 34.9. The highest BCUT2D eigenvalue weighted by atomic mass is 14.4. The zero-order chi connectivity index (χ0) is 36.7. The maximum Gasteiger partial charge on any atom is 0 e. The fourth-order valence-corrected chi connectivity index (χ4v) is 12.1. The molecule has 0 heterocycles. The molecule has 0 bridgehead atoms. The van der Waals surface area contributed by atoms with Gasteiger partial charge < -0.3 is 0 Å². The minimum absolute atomic E-state index is 0. The van der Waals surface area contributed by atoms with Crippen LogP contribution in [-0.2, 0) is 0 Å². The molecule has 0 aliphatic heterocycles. The second-order valence-corrected chi connectivity index (χ2v) is 19.6. The van der Waals surface area contributed by atoms with Gasteiger partial charge in [-0.05, 0) is 219 Å². The van der Waals surface area contributed by atoms with E-state index in [1.54, 1.807) is 5.56 Å². The van der Waals surface area contributed by atoms with Crippen LogP contribution in [0, 0.1) is 72.0 Å². The van der Waals surface area contributed by atoms with Gasteiger partial charge in [0.2, 0.25) is 0 Å². The first kappa shape index (κ1) is 41.6. The third-order valence-electron chi connectivity index (χ3n) is 16.0. The lowest BCUT2D eigenvalue weighted by Gasteiger charge is -2.37. The summed E-state index contributed by atoms with van der Waals surface area (Å²) >= 11 is 0. The second kappa shape index (κ2) is 22.1. The SMILES string of the molecule is C/C=C/C1CCC(C2CCC(C)CC2)CC1.C=CC1CCC(C2CCC(C)CC2)CC1.C=CC1CCC(C2CCC(c3ccc(C)cc3)CC2)CC1.[HH].[HH].[HH].[HH].[HH].[HH]. The van der Waals surface area contributed by atoms with Crippen LogP contribution in [0.4, 0.5) is 0 Å². The number of hydrogen-bond donors (Lipinski definition) is 0. The average molecular weight is 721 g/mol. The van der Waals surface area contributed by atoms with Gasteiger partial charge in [-0.3, -0.25) is 0 Å². The molecule has 0 heteroatoms. The lowest BCUT2D eigenvalue weighted by atomic mass is 9.68. The van der Waals surface area contributed by atoms with Crippen molar-refractivity contribution < 1.29 is 8.56 Å². The van der Waals surface area contributed by atoms with Crippen LogP contribution in [-0.4, -0.2) is 0 Å². The molecule has 0 nitrogen and oxygen atoms in total. The van der Waals surface area contributed by atoms with Crippen LogP contribution < -0.4 is 0 Å². The largest absolute Gasteiger partial charge is 0.103 e. The molecule has 6 saturated carbocycles. The van der Waals surface area contributed by atoms with Crippen LogP contribution in [0.5, 0.6) is 0 Å². The van der Waals surface area contributed by atoms with Crippen LogP contribution >= 0.6 is 0 Å². The van der Waals surface area contributed by atoms with Crippen molar-refractivity contribution in [1.29, 1.82) is 0 Å². The predicted octanol–water partition coefficient (Wildman–Crippen LogP) is 17.7.